The highest BCUT2D eigenvalue weighted by Crippen LogP contribution is 2.23. The average Bonchev–Trinajstić information content (AvgIpc) is 2.09. The monoisotopic (exact) mass is 185 g/mol. The van der Waals surface area contributed by atoms with Crippen molar-refractivity contribution in [2.45, 2.75) is 0 Å². The zero-order valence-electron chi connectivity index (χ0n) is 6.49. The molecule has 4 heteroatoms. The van der Waals surface area contributed by atoms with Crippen LogP contribution < -0.4 is 4.74 Å². The molecule has 0 saturated carbocycles. The Balaban J connectivity index is 3.19. The first kappa shape index (κ1) is 8.87. The van der Waals surface area contributed by atoms with Gasteiger partial charge in [-0.25, -0.2) is 0 Å². The van der Waals surface area contributed by atoms with Crippen molar-refractivity contribution < 1.29 is 9.94 Å². The first-order valence-corrected chi connectivity index (χ1v) is 3.67. The maximum atomic E-state index is 8.32. The number of hydrogen-bond acceptors (Lipinski definition) is 3. The van der Waals surface area contributed by atoms with Gasteiger partial charge in [-0.2, -0.15) is 0 Å². The summed E-state index contributed by atoms with van der Waals surface area (Å²) in [5, 5.41) is 11.7. The first-order valence-electron chi connectivity index (χ1n) is 3.29. The number of benzene rings is 1. The number of methoxy groups -OCH3 is 1. The summed E-state index contributed by atoms with van der Waals surface area (Å²) in [6.45, 7) is 0. The second-order valence-corrected chi connectivity index (χ2v) is 2.51. The zero-order chi connectivity index (χ0) is 8.97. The van der Waals surface area contributed by atoms with Gasteiger partial charge in [0.25, 0.3) is 0 Å². The van der Waals surface area contributed by atoms with Crippen molar-refractivity contribution in [3.8, 4) is 5.75 Å². The maximum Gasteiger partial charge on any atom is 0.129 e. The van der Waals surface area contributed by atoms with E-state index in [1.54, 1.807) is 18.2 Å². The minimum absolute atomic E-state index is 0.493. The molecule has 3 nitrogen and oxygen atoms in total. The van der Waals surface area contributed by atoms with Crippen LogP contribution in [0.4, 0.5) is 0 Å². The SMILES string of the molecule is COc1cccc(Cl)c1/C=N/O. The van der Waals surface area contributed by atoms with Gasteiger partial charge in [0.1, 0.15) is 5.75 Å². The number of rotatable bonds is 2. The molecule has 1 aromatic carbocycles. The molecule has 0 aliphatic heterocycles. The summed E-state index contributed by atoms with van der Waals surface area (Å²) < 4.78 is 4.99. The molecule has 0 heterocycles. The van der Waals surface area contributed by atoms with Gasteiger partial charge in [0.05, 0.1) is 23.9 Å². The van der Waals surface area contributed by atoms with Gasteiger partial charge in [-0.3, -0.25) is 0 Å². The molecule has 0 amide bonds. The summed E-state index contributed by atoms with van der Waals surface area (Å²) >= 11 is 5.80. The molecule has 0 saturated heterocycles. The molecule has 0 radical (unpaired) electrons. The lowest BCUT2D eigenvalue weighted by Gasteiger charge is -2.04. The van der Waals surface area contributed by atoms with Crippen LogP contribution in [0.3, 0.4) is 0 Å². The molecule has 1 aromatic rings. The Morgan fingerprint density at radius 1 is 1.58 bits per heavy atom. The molecule has 0 unspecified atom stereocenters. The van der Waals surface area contributed by atoms with Crippen LogP contribution in [0, 0.1) is 0 Å². The van der Waals surface area contributed by atoms with Gasteiger partial charge in [0, 0.05) is 0 Å². The first-order chi connectivity index (χ1) is 5.79. The van der Waals surface area contributed by atoms with Crippen LogP contribution in [0.5, 0.6) is 5.75 Å². The topological polar surface area (TPSA) is 41.8 Å². The number of halogens is 1. The molecule has 0 bridgehead atoms. The Morgan fingerprint density at radius 3 is 2.92 bits per heavy atom. The van der Waals surface area contributed by atoms with E-state index in [0.717, 1.165) is 0 Å². The second-order valence-electron chi connectivity index (χ2n) is 2.10. The molecule has 64 valence electrons. The van der Waals surface area contributed by atoms with Gasteiger partial charge in [0.15, 0.2) is 0 Å². The molecule has 1 N–H and O–H groups in total. The van der Waals surface area contributed by atoms with Crippen LogP contribution in [0.15, 0.2) is 23.4 Å². The molecular formula is C8H8ClNO2. The molecule has 0 aliphatic rings. The van der Waals surface area contributed by atoms with Crippen molar-refractivity contribution in [2.75, 3.05) is 7.11 Å². The summed E-state index contributed by atoms with van der Waals surface area (Å²) in [7, 11) is 1.53. The standard InChI is InChI=1S/C8H8ClNO2/c1-12-8-4-2-3-7(9)6(8)5-10-11/h2-5,11H,1H3/b10-5+. The van der Waals surface area contributed by atoms with Crippen molar-refractivity contribution in [1.29, 1.82) is 0 Å². The summed E-state index contributed by atoms with van der Waals surface area (Å²) in [5.74, 6) is 0.584. The number of nitrogens with zero attached hydrogens (tertiary/aromatic N) is 1. The van der Waals surface area contributed by atoms with Gasteiger partial charge in [-0.1, -0.05) is 22.8 Å². The smallest absolute Gasteiger partial charge is 0.129 e. The van der Waals surface area contributed by atoms with Gasteiger partial charge in [0.2, 0.25) is 0 Å². The third kappa shape index (κ3) is 1.68. The van der Waals surface area contributed by atoms with Gasteiger partial charge >= 0.3 is 0 Å². The van der Waals surface area contributed by atoms with Gasteiger partial charge in [-0.15, -0.1) is 0 Å². The molecule has 0 fully saturated rings. The van der Waals surface area contributed by atoms with Crippen molar-refractivity contribution in [3.63, 3.8) is 0 Å². The van der Waals surface area contributed by atoms with E-state index < -0.39 is 0 Å². The summed E-state index contributed by atoms with van der Waals surface area (Å²) in [6, 6.07) is 5.19. The maximum absolute atomic E-state index is 8.32. The molecule has 0 atom stereocenters. The number of hydrogen-bond donors (Lipinski definition) is 1. The average molecular weight is 186 g/mol. The molecule has 0 aromatic heterocycles. The molecular weight excluding hydrogens is 178 g/mol. The second kappa shape index (κ2) is 3.97. The highest BCUT2D eigenvalue weighted by atomic mass is 35.5. The largest absolute Gasteiger partial charge is 0.496 e. The minimum Gasteiger partial charge on any atom is -0.496 e. The highest BCUT2D eigenvalue weighted by Gasteiger charge is 2.03. The van der Waals surface area contributed by atoms with Crippen molar-refractivity contribution in [1.82, 2.24) is 0 Å². The van der Waals surface area contributed by atoms with Crippen molar-refractivity contribution in [3.05, 3.63) is 28.8 Å². The van der Waals surface area contributed by atoms with E-state index in [2.05, 4.69) is 5.16 Å². The highest BCUT2D eigenvalue weighted by molar-refractivity contribution is 6.33. The summed E-state index contributed by atoms with van der Waals surface area (Å²) in [6.07, 6.45) is 1.24. The van der Waals surface area contributed by atoms with E-state index in [-0.39, 0.29) is 0 Å². The third-order valence-corrected chi connectivity index (χ3v) is 1.75. The lowest BCUT2D eigenvalue weighted by Crippen LogP contribution is -1.91. The molecule has 1 rings (SSSR count). The summed E-state index contributed by atoms with van der Waals surface area (Å²) in [4.78, 5) is 0. The number of oxime groups is 1. The van der Waals surface area contributed by atoms with E-state index in [9.17, 15) is 0 Å². The predicted octanol–water partition coefficient (Wildman–Crippen LogP) is 2.16. The van der Waals surface area contributed by atoms with Crippen LogP contribution in [0.2, 0.25) is 5.02 Å². The van der Waals surface area contributed by atoms with Gasteiger partial charge < -0.3 is 9.94 Å². The Bertz CT molecular complexity index is 299. The normalized spacial score (nSPS) is 10.5. The third-order valence-electron chi connectivity index (χ3n) is 1.42. The quantitative estimate of drug-likeness (QED) is 0.436. The Morgan fingerprint density at radius 2 is 2.33 bits per heavy atom. The van der Waals surface area contributed by atoms with E-state index in [1.165, 1.54) is 13.3 Å². The molecule has 12 heavy (non-hydrogen) atoms. The van der Waals surface area contributed by atoms with Crippen LogP contribution in [-0.2, 0) is 0 Å². The minimum atomic E-state index is 0.493. The Kier molecular flexibility index (Phi) is 2.94. The molecule has 0 spiro atoms. The van der Waals surface area contributed by atoms with Crippen LogP contribution in [0.25, 0.3) is 0 Å². The fraction of sp³-hybridized carbons (Fsp3) is 0.125. The van der Waals surface area contributed by atoms with E-state index in [1.807, 2.05) is 0 Å². The zero-order valence-corrected chi connectivity index (χ0v) is 7.25. The van der Waals surface area contributed by atoms with Crippen molar-refractivity contribution >= 4 is 17.8 Å². The molecule has 0 aliphatic carbocycles. The van der Waals surface area contributed by atoms with E-state index in [4.69, 9.17) is 21.5 Å². The predicted molar refractivity (Wildman–Crippen MR) is 47.4 cm³/mol. The summed E-state index contributed by atoms with van der Waals surface area (Å²) in [5.41, 5.74) is 0.573. The van der Waals surface area contributed by atoms with Crippen LogP contribution >= 0.6 is 11.6 Å². The Labute approximate surface area is 75.2 Å². The van der Waals surface area contributed by atoms with Crippen LogP contribution in [0.1, 0.15) is 5.56 Å². The lowest BCUT2D eigenvalue weighted by molar-refractivity contribution is 0.321. The Hall–Kier alpha value is -1.22. The van der Waals surface area contributed by atoms with Crippen molar-refractivity contribution in [2.24, 2.45) is 5.16 Å². The fourth-order valence-electron chi connectivity index (χ4n) is 0.878. The fourth-order valence-corrected chi connectivity index (χ4v) is 1.09. The van der Waals surface area contributed by atoms with E-state index in [0.29, 0.717) is 16.3 Å². The van der Waals surface area contributed by atoms with E-state index >= 15 is 0 Å². The van der Waals surface area contributed by atoms with Gasteiger partial charge in [-0.05, 0) is 12.1 Å². The van der Waals surface area contributed by atoms with Crippen LogP contribution in [-0.4, -0.2) is 18.5 Å². The lowest BCUT2D eigenvalue weighted by atomic mass is 10.2. The number of ether oxygens (including phenoxy) is 1.